The van der Waals surface area contributed by atoms with E-state index in [0.717, 1.165) is 36.6 Å². The number of benzene rings is 1. The number of fused-ring (bicyclic) bond motifs is 1. The lowest BCUT2D eigenvalue weighted by atomic mass is 9.95. The van der Waals surface area contributed by atoms with Crippen LogP contribution < -0.4 is 0 Å². The molecule has 1 N–H and O–H groups in total. The second-order valence-corrected chi connectivity index (χ2v) is 5.45. The highest BCUT2D eigenvalue weighted by Crippen LogP contribution is 2.32. The predicted octanol–water partition coefficient (Wildman–Crippen LogP) is 3.92. The molecule has 0 aliphatic heterocycles. The minimum absolute atomic E-state index is 0.395. The van der Waals surface area contributed by atoms with Crippen molar-refractivity contribution in [3.05, 3.63) is 58.9 Å². The number of hydrogen-bond donors (Lipinski definition) is 1. The first kappa shape index (κ1) is 14.2. The topological polar surface area (TPSA) is 25.2 Å². The first-order valence-corrected chi connectivity index (χ1v) is 6.97. The Labute approximate surface area is 120 Å². The number of alkyl halides is 3. The van der Waals surface area contributed by atoms with Crippen molar-refractivity contribution in [2.45, 2.75) is 38.1 Å². The highest BCUT2D eigenvalue weighted by molar-refractivity contribution is 5.30. The van der Waals surface area contributed by atoms with Crippen LogP contribution in [-0.2, 0) is 19.1 Å². The van der Waals surface area contributed by atoms with Crippen molar-refractivity contribution in [1.82, 2.24) is 4.57 Å². The summed E-state index contributed by atoms with van der Waals surface area (Å²) in [4.78, 5) is 0. The van der Waals surface area contributed by atoms with E-state index in [0.29, 0.717) is 12.1 Å². The third-order valence-corrected chi connectivity index (χ3v) is 3.97. The molecule has 1 aliphatic carbocycles. The summed E-state index contributed by atoms with van der Waals surface area (Å²) in [5, 5.41) is 9.93. The average molecular weight is 295 g/mol. The lowest BCUT2D eigenvalue weighted by molar-refractivity contribution is -0.137. The monoisotopic (exact) mass is 295 g/mol. The molecule has 0 spiro atoms. The van der Waals surface area contributed by atoms with Gasteiger partial charge in [0.15, 0.2) is 0 Å². The van der Waals surface area contributed by atoms with Gasteiger partial charge in [0.25, 0.3) is 0 Å². The molecule has 0 saturated heterocycles. The molecule has 21 heavy (non-hydrogen) atoms. The van der Waals surface area contributed by atoms with Crippen molar-refractivity contribution in [3.63, 3.8) is 0 Å². The molecule has 1 aliphatic rings. The van der Waals surface area contributed by atoms with Gasteiger partial charge < -0.3 is 9.67 Å². The molecule has 0 bridgehead atoms. The van der Waals surface area contributed by atoms with E-state index < -0.39 is 17.8 Å². The van der Waals surface area contributed by atoms with Gasteiger partial charge in [-0.1, -0.05) is 12.1 Å². The highest BCUT2D eigenvalue weighted by Gasteiger charge is 2.30. The maximum Gasteiger partial charge on any atom is 0.416 e. The van der Waals surface area contributed by atoms with Crippen LogP contribution in [0.25, 0.3) is 0 Å². The predicted molar refractivity (Wildman–Crippen MR) is 72.9 cm³/mol. The fraction of sp³-hybridized carbons (Fsp3) is 0.375. The Hall–Kier alpha value is -1.75. The largest absolute Gasteiger partial charge is 0.416 e. The van der Waals surface area contributed by atoms with Gasteiger partial charge in [-0.2, -0.15) is 13.2 Å². The van der Waals surface area contributed by atoms with E-state index in [9.17, 15) is 18.3 Å². The number of rotatable bonds is 2. The Balaban J connectivity index is 1.88. The molecule has 1 heterocycles. The van der Waals surface area contributed by atoms with Crippen molar-refractivity contribution >= 4 is 0 Å². The van der Waals surface area contributed by atoms with E-state index in [2.05, 4.69) is 0 Å². The number of halogens is 3. The fourth-order valence-electron chi connectivity index (χ4n) is 2.92. The minimum Gasteiger partial charge on any atom is -0.388 e. The first-order chi connectivity index (χ1) is 9.95. The van der Waals surface area contributed by atoms with Crippen LogP contribution >= 0.6 is 0 Å². The van der Waals surface area contributed by atoms with E-state index >= 15 is 0 Å². The third kappa shape index (κ3) is 2.83. The number of aliphatic hydroxyl groups excluding tert-OH is 1. The van der Waals surface area contributed by atoms with Gasteiger partial charge in [0.1, 0.15) is 0 Å². The molecular formula is C16H16F3NO. The molecule has 1 unspecified atom stereocenters. The van der Waals surface area contributed by atoms with Crippen LogP contribution in [-0.4, -0.2) is 9.67 Å². The van der Waals surface area contributed by atoms with Gasteiger partial charge in [0.05, 0.1) is 11.7 Å². The van der Waals surface area contributed by atoms with Crippen LogP contribution in [0, 0.1) is 0 Å². The molecular weight excluding hydrogens is 279 g/mol. The number of aromatic nitrogens is 1. The Bertz CT molecular complexity index is 645. The van der Waals surface area contributed by atoms with Gasteiger partial charge in [-0.3, -0.25) is 0 Å². The fourth-order valence-corrected chi connectivity index (χ4v) is 2.92. The number of hydrogen-bond acceptors (Lipinski definition) is 1. The van der Waals surface area contributed by atoms with Crippen LogP contribution in [0.4, 0.5) is 13.2 Å². The van der Waals surface area contributed by atoms with Crippen LogP contribution in [0.5, 0.6) is 0 Å². The smallest absolute Gasteiger partial charge is 0.388 e. The molecule has 0 amide bonds. The van der Waals surface area contributed by atoms with Gasteiger partial charge in [-0.15, -0.1) is 0 Å². The number of aliphatic hydroxyl groups is 1. The first-order valence-electron chi connectivity index (χ1n) is 6.97. The maximum absolute atomic E-state index is 12.7. The molecule has 3 rings (SSSR count). The second-order valence-electron chi connectivity index (χ2n) is 5.45. The van der Waals surface area contributed by atoms with Crippen LogP contribution in [0.2, 0.25) is 0 Å². The van der Waals surface area contributed by atoms with Crippen molar-refractivity contribution < 1.29 is 18.3 Å². The van der Waals surface area contributed by atoms with E-state index in [4.69, 9.17) is 0 Å². The average Bonchev–Trinajstić information content (AvgIpc) is 2.83. The molecule has 2 aromatic rings. The van der Waals surface area contributed by atoms with E-state index in [1.165, 1.54) is 12.1 Å². The lowest BCUT2D eigenvalue weighted by Gasteiger charge is -2.20. The summed E-state index contributed by atoms with van der Waals surface area (Å²) >= 11 is 0. The Kier molecular flexibility index (Phi) is 3.53. The maximum atomic E-state index is 12.7. The zero-order valence-corrected chi connectivity index (χ0v) is 11.4. The van der Waals surface area contributed by atoms with E-state index in [1.807, 2.05) is 16.8 Å². The van der Waals surface area contributed by atoms with Crippen LogP contribution in [0.3, 0.4) is 0 Å². The summed E-state index contributed by atoms with van der Waals surface area (Å²) < 4.78 is 40.1. The standard InChI is InChI=1S/C16H16F3NO/c17-16(18,19)12-4-1-3-11(9-12)10-20-8-7-13-14(20)5-2-6-15(13)21/h1,3-4,7-9,15,21H,2,5-6,10H2. The summed E-state index contributed by atoms with van der Waals surface area (Å²) in [5.74, 6) is 0. The lowest BCUT2D eigenvalue weighted by Crippen LogP contribution is -2.13. The summed E-state index contributed by atoms with van der Waals surface area (Å²) in [6.45, 7) is 0.395. The van der Waals surface area contributed by atoms with Gasteiger partial charge in [-0.05, 0) is 43.0 Å². The van der Waals surface area contributed by atoms with Gasteiger partial charge in [0.2, 0.25) is 0 Å². The zero-order valence-electron chi connectivity index (χ0n) is 11.4. The van der Waals surface area contributed by atoms with Gasteiger partial charge in [0, 0.05) is 24.0 Å². The molecule has 0 fully saturated rings. The molecule has 1 atom stereocenters. The molecule has 5 heteroatoms. The summed E-state index contributed by atoms with van der Waals surface area (Å²) in [6, 6.07) is 7.26. The highest BCUT2D eigenvalue weighted by atomic mass is 19.4. The second kappa shape index (κ2) is 5.22. The Morgan fingerprint density at radius 3 is 2.81 bits per heavy atom. The summed E-state index contributed by atoms with van der Waals surface area (Å²) in [5.41, 5.74) is 1.93. The van der Waals surface area contributed by atoms with Crippen molar-refractivity contribution in [1.29, 1.82) is 0 Å². The zero-order chi connectivity index (χ0) is 15.0. The number of nitrogens with zero attached hydrogens (tertiary/aromatic N) is 1. The molecule has 2 nitrogen and oxygen atoms in total. The molecule has 112 valence electrons. The van der Waals surface area contributed by atoms with Gasteiger partial charge >= 0.3 is 6.18 Å². The quantitative estimate of drug-likeness (QED) is 0.892. The summed E-state index contributed by atoms with van der Waals surface area (Å²) in [7, 11) is 0. The summed E-state index contributed by atoms with van der Waals surface area (Å²) in [6.07, 6.45) is -0.405. The van der Waals surface area contributed by atoms with Gasteiger partial charge in [-0.25, -0.2) is 0 Å². The van der Waals surface area contributed by atoms with Crippen LogP contribution in [0.15, 0.2) is 36.5 Å². The molecule has 0 saturated carbocycles. The SMILES string of the molecule is OC1CCCc2c1ccn2Cc1cccc(C(F)(F)F)c1. The molecule has 1 aromatic carbocycles. The van der Waals surface area contributed by atoms with Crippen molar-refractivity contribution in [2.24, 2.45) is 0 Å². The van der Waals surface area contributed by atoms with Crippen molar-refractivity contribution in [3.8, 4) is 0 Å². The molecule has 1 aromatic heterocycles. The van der Waals surface area contributed by atoms with Crippen molar-refractivity contribution in [2.75, 3.05) is 0 Å². The van der Waals surface area contributed by atoms with Crippen LogP contribution in [0.1, 0.15) is 41.3 Å². The normalized spacial score (nSPS) is 18.6. The van der Waals surface area contributed by atoms with E-state index in [-0.39, 0.29) is 0 Å². The van der Waals surface area contributed by atoms with E-state index in [1.54, 1.807) is 6.07 Å². The Morgan fingerprint density at radius 1 is 1.24 bits per heavy atom. The minimum atomic E-state index is -4.32. The molecule has 0 radical (unpaired) electrons. The third-order valence-electron chi connectivity index (χ3n) is 3.97. The Morgan fingerprint density at radius 2 is 2.05 bits per heavy atom.